The molecule has 0 bridgehead atoms. The molecule has 0 aliphatic carbocycles. The van der Waals surface area contributed by atoms with Crippen LogP contribution in [0.4, 0.5) is 16.2 Å². The van der Waals surface area contributed by atoms with Crippen molar-refractivity contribution < 1.29 is 76.3 Å². The van der Waals surface area contributed by atoms with E-state index in [4.69, 9.17) is 38.9 Å². The lowest BCUT2D eigenvalue weighted by Gasteiger charge is -2.26. The number of hydrogen-bond acceptors (Lipinski definition) is 17. The van der Waals surface area contributed by atoms with Crippen LogP contribution in [0.5, 0.6) is 0 Å². The third-order valence-electron chi connectivity index (χ3n) is 10.1. The van der Waals surface area contributed by atoms with Gasteiger partial charge in [0.2, 0.25) is 29.5 Å². The van der Waals surface area contributed by atoms with Gasteiger partial charge in [-0.2, -0.15) is 0 Å². The molecule has 436 valence electrons. The molecule has 3 unspecified atom stereocenters. The number of unbranched alkanes of at least 4 members (excludes halogenated alkanes) is 1. The number of para-hydroxylation sites is 1. The van der Waals surface area contributed by atoms with Crippen molar-refractivity contribution in [1.82, 2.24) is 26.6 Å². The van der Waals surface area contributed by atoms with Crippen molar-refractivity contribution in [2.45, 2.75) is 142 Å². The third-order valence-corrected chi connectivity index (χ3v) is 10.1. The minimum Gasteiger partial charge on any atom is -0.458 e. The zero-order valence-electron chi connectivity index (χ0n) is 46.8. The predicted molar refractivity (Wildman–Crippen MR) is 289 cm³/mol. The van der Waals surface area contributed by atoms with Crippen molar-refractivity contribution in [1.29, 1.82) is 0 Å². The SMILES string of the molecule is CC(C)(C)OC(=O)Nc1ccc(C(=O)NCCCCC(NC(=O)COCCOCCNC(=O)CCC(NC(=O)CCC(NC(=O)COCCOCCN)C(=O)OC(C)(C)C)C(=O)OC(C)(C)C)C(=O)Nc2ccccc2)cc1. The van der Waals surface area contributed by atoms with E-state index in [0.29, 0.717) is 49.5 Å². The number of carbonyl (C=O) groups is 9. The van der Waals surface area contributed by atoms with E-state index in [-0.39, 0.29) is 90.8 Å². The van der Waals surface area contributed by atoms with Gasteiger partial charge in [-0.25, -0.2) is 14.4 Å². The van der Waals surface area contributed by atoms with E-state index in [1.54, 1.807) is 117 Å². The van der Waals surface area contributed by atoms with E-state index in [0.717, 1.165) is 0 Å². The molecule has 0 fully saturated rings. The molecular weight excluding hydrogens is 1020 g/mol. The van der Waals surface area contributed by atoms with Crippen LogP contribution in [-0.4, -0.2) is 161 Å². The Kier molecular flexibility index (Phi) is 30.8. The summed E-state index contributed by atoms with van der Waals surface area (Å²) in [6.07, 6.45) is -0.135. The molecule has 0 radical (unpaired) electrons. The maximum absolute atomic E-state index is 13.3. The van der Waals surface area contributed by atoms with Crippen LogP contribution >= 0.6 is 0 Å². The lowest BCUT2D eigenvalue weighted by molar-refractivity contribution is -0.160. The van der Waals surface area contributed by atoms with Crippen molar-refractivity contribution in [3.63, 3.8) is 0 Å². The van der Waals surface area contributed by atoms with Gasteiger partial charge in [0.05, 0.1) is 39.6 Å². The van der Waals surface area contributed by atoms with Crippen molar-refractivity contribution >= 4 is 64.8 Å². The number of anilines is 2. The van der Waals surface area contributed by atoms with Gasteiger partial charge >= 0.3 is 18.0 Å². The Hall–Kier alpha value is -6.73. The van der Waals surface area contributed by atoms with Gasteiger partial charge in [-0.3, -0.25) is 34.1 Å². The van der Waals surface area contributed by atoms with Crippen LogP contribution in [0.25, 0.3) is 0 Å². The summed E-state index contributed by atoms with van der Waals surface area (Å²) in [5.74, 6) is -4.53. The molecule has 9 N–H and O–H groups in total. The van der Waals surface area contributed by atoms with Crippen molar-refractivity contribution in [3.8, 4) is 0 Å². The highest BCUT2D eigenvalue weighted by Gasteiger charge is 2.31. The van der Waals surface area contributed by atoms with Gasteiger partial charge in [-0.15, -0.1) is 0 Å². The number of benzene rings is 2. The van der Waals surface area contributed by atoms with E-state index in [2.05, 4.69) is 37.2 Å². The fourth-order valence-corrected chi connectivity index (χ4v) is 6.66. The monoisotopic (exact) mass is 1100 g/mol. The highest BCUT2D eigenvalue weighted by atomic mass is 16.6. The summed E-state index contributed by atoms with van der Waals surface area (Å²) in [4.78, 5) is 116. The third kappa shape index (κ3) is 32.8. The minimum atomic E-state index is -1.22. The van der Waals surface area contributed by atoms with Gasteiger partial charge in [0.15, 0.2) is 0 Å². The number of ether oxygens (including phenoxy) is 7. The smallest absolute Gasteiger partial charge is 0.412 e. The normalized spacial score (nSPS) is 12.6. The Bertz CT molecular complexity index is 2190. The van der Waals surface area contributed by atoms with Crippen molar-refractivity contribution in [2.24, 2.45) is 5.73 Å². The quantitative estimate of drug-likeness (QED) is 0.0279. The Morgan fingerprint density at radius 2 is 0.962 bits per heavy atom. The molecule has 0 aliphatic heterocycles. The number of esters is 2. The summed E-state index contributed by atoms with van der Waals surface area (Å²) in [5, 5.41) is 18.8. The standard InChI is InChI=1S/C54H84N8O16/c1-52(2,3)76-49(69)41(61-44(64)25-23-42(50(70)77-53(4,5)6)62-46(66)36-74-33-31-72-29-26-55)22-24-43(63)56-28-30-73-32-34-75-35-45(65)60-40(48(68)58-38-15-11-10-12-16-38)17-13-14-27-57-47(67)37-18-20-39(21-19-37)59-51(71)78-54(7,8)9/h10-12,15-16,18-21,40-42H,13-14,17,22-36,55H2,1-9H3,(H,56,63)(H,57,67)(H,58,68)(H,59,71)(H,60,65)(H,61,64)(H,62,66). The summed E-state index contributed by atoms with van der Waals surface area (Å²) in [5.41, 5.74) is 4.33. The zero-order valence-corrected chi connectivity index (χ0v) is 46.8. The summed E-state index contributed by atoms with van der Waals surface area (Å²) in [6, 6.07) is 11.8. The van der Waals surface area contributed by atoms with E-state index in [9.17, 15) is 43.2 Å². The molecule has 7 amide bonds. The Morgan fingerprint density at radius 1 is 0.474 bits per heavy atom. The number of nitrogens with one attached hydrogen (secondary N) is 7. The highest BCUT2D eigenvalue weighted by molar-refractivity contribution is 5.97. The predicted octanol–water partition coefficient (Wildman–Crippen LogP) is 3.41. The second-order valence-corrected chi connectivity index (χ2v) is 20.8. The summed E-state index contributed by atoms with van der Waals surface area (Å²) in [6.45, 7) is 16.0. The number of carbonyl (C=O) groups excluding carboxylic acids is 9. The molecular formula is C54H84N8O16. The number of nitrogens with two attached hydrogens (primary N) is 1. The number of rotatable bonds is 35. The molecule has 2 aromatic rings. The molecule has 24 heteroatoms. The van der Waals surface area contributed by atoms with Crippen LogP contribution in [0.3, 0.4) is 0 Å². The first-order chi connectivity index (χ1) is 36.7. The van der Waals surface area contributed by atoms with E-state index in [1.165, 1.54) is 0 Å². The Morgan fingerprint density at radius 3 is 1.50 bits per heavy atom. The van der Waals surface area contributed by atoms with E-state index < -0.39 is 82.5 Å². The Balaban J connectivity index is 1.81. The fourth-order valence-electron chi connectivity index (χ4n) is 6.66. The van der Waals surface area contributed by atoms with Crippen LogP contribution < -0.4 is 43.0 Å². The fraction of sp³-hybridized carbons (Fsp3) is 0.611. The van der Waals surface area contributed by atoms with E-state index in [1.807, 2.05) is 0 Å². The first kappa shape index (κ1) is 67.4. The minimum absolute atomic E-state index is 0.0211. The first-order valence-electron chi connectivity index (χ1n) is 26.1. The molecule has 0 spiro atoms. The molecule has 2 aromatic carbocycles. The summed E-state index contributed by atoms with van der Waals surface area (Å²) in [7, 11) is 0. The molecule has 78 heavy (non-hydrogen) atoms. The molecule has 0 saturated carbocycles. The molecule has 0 aliphatic rings. The lowest BCUT2D eigenvalue weighted by Crippen LogP contribution is -2.47. The zero-order chi connectivity index (χ0) is 58.2. The van der Waals surface area contributed by atoms with Gasteiger partial charge in [-0.05, 0) is 131 Å². The van der Waals surface area contributed by atoms with Gasteiger partial charge < -0.3 is 70.8 Å². The van der Waals surface area contributed by atoms with Gasteiger partial charge in [0, 0.05) is 49.4 Å². The highest BCUT2D eigenvalue weighted by Crippen LogP contribution is 2.16. The molecule has 24 nitrogen and oxygen atoms in total. The lowest BCUT2D eigenvalue weighted by atomic mass is 10.1. The average Bonchev–Trinajstić information content (AvgIpc) is 3.34. The van der Waals surface area contributed by atoms with Crippen LogP contribution in [0.15, 0.2) is 54.6 Å². The second kappa shape index (κ2) is 35.6. The van der Waals surface area contributed by atoms with Crippen LogP contribution in [-0.2, 0) is 66.7 Å². The number of hydrogen-bond donors (Lipinski definition) is 8. The molecule has 2 rings (SSSR count). The van der Waals surface area contributed by atoms with E-state index >= 15 is 0 Å². The van der Waals surface area contributed by atoms with Crippen LogP contribution in [0.2, 0.25) is 0 Å². The van der Waals surface area contributed by atoms with Gasteiger partial charge in [-0.1, -0.05) is 18.2 Å². The van der Waals surface area contributed by atoms with Crippen LogP contribution in [0.1, 0.15) is 118 Å². The van der Waals surface area contributed by atoms with Crippen molar-refractivity contribution in [3.05, 3.63) is 60.2 Å². The first-order valence-corrected chi connectivity index (χ1v) is 26.1. The molecule has 3 atom stereocenters. The molecule has 0 aromatic heterocycles. The summed E-state index contributed by atoms with van der Waals surface area (Å²) < 4.78 is 37.7. The molecule has 0 saturated heterocycles. The summed E-state index contributed by atoms with van der Waals surface area (Å²) >= 11 is 0. The van der Waals surface area contributed by atoms with Crippen molar-refractivity contribution in [2.75, 3.05) is 83.1 Å². The second-order valence-electron chi connectivity index (χ2n) is 20.8. The topological polar surface area (TPSA) is 328 Å². The average molecular weight is 1100 g/mol. The maximum Gasteiger partial charge on any atom is 0.412 e. The Labute approximate surface area is 457 Å². The van der Waals surface area contributed by atoms with Gasteiger partial charge in [0.25, 0.3) is 5.91 Å². The number of amides is 7. The van der Waals surface area contributed by atoms with Gasteiger partial charge in [0.1, 0.15) is 48.1 Å². The maximum atomic E-state index is 13.3. The van der Waals surface area contributed by atoms with Crippen LogP contribution in [0, 0.1) is 0 Å². The largest absolute Gasteiger partial charge is 0.458 e. The molecule has 0 heterocycles.